The smallest absolute Gasteiger partial charge is 0.242 e. The van der Waals surface area contributed by atoms with Crippen LogP contribution in [0.25, 0.3) is 0 Å². The summed E-state index contributed by atoms with van der Waals surface area (Å²) in [5.41, 5.74) is 3.16. The molecule has 0 spiro atoms. The molecule has 1 fully saturated rings. The van der Waals surface area contributed by atoms with E-state index >= 15 is 0 Å². The third-order valence-electron chi connectivity index (χ3n) is 12.1. The first-order chi connectivity index (χ1) is 28.7. The van der Waals surface area contributed by atoms with Crippen LogP contribution in [0.5, 0.6) is 0 Å². The van der Waals surface area contributed by atoms with Gasteiger partial charge in [-0.3, -0.25) is 24.1 Å². The number of nitrogens with one attached hydrogen (secondary N) is 3. The van der Waals surface area contributed by atoms with Crippen molar-refractivity contribution < 1.29 is 28.7 Å². The molecule has 8 atom stereocenters. The van der Waals surface area contributed by atoms with Crippen LogP contribution in [-0.2, 0) is 41.6 Å². The van der Waals surface area contributed by atoms with Gasteiger partial charge in [0.25, 0.3) is 0 Å². The molecular formula is C46H69N7O6S. The van der Waals surface area contributed by atoms with Crippen molar-refractivity contribution in [1.82, 2.24) is 30.3 Å². The number of carbonyl (C=O) groups is 4. The van der Waals surface area contributed by atoms with Crippen molar-refractivity contribution in [2.45, 2.75) is 110 Å². The average Bonchev–Trinajstić information content (AvgIpc) is 3.96. The normalized spacial score (nSPS) is 17.7. The molecule has 2 heterocycles. The Morgan fingerprint density at radius 2 is 1.68 bits per heavy atom. The highest BCUT2D eigenvalue weighted by atomic mass is 32.1. The van der Waals surface area contributed by atoms with Gasteiger partial charge in [-0.1, -0.05) is 83.5 Å². The Morgan fingerprint density at radius 3 is 2.30 bits per heavy atom. The SMILES string of the molecule is CCC(C)C(C(CC(=O)N1CCCC1C(OC)C(C)C(=O)NC(Cc1ccccc1)c1nccs1)OC)N(C)C(=O)CNC(=O)C(C(C)C)N(C)Cc1cccc(NC)c1. The second-order valence-electron chi connectivity index (χ2n) is 16.5. The number of aromatic nitrogens is 1. The number of thiazole rings is 1. The van der Waals surface area contributed by atoms with Crippen LogP contribution >= 0.6 is 11.3 Å². The van der Waals surface area contributed by atoms with E-state index < -0.39 is 30.2 Å². The molecule has 60 heavy (non-hydrogen) atoms. The first-order valence-corrected chi connectivity index (χ1v) is 22.2. The Bertz CT molecular complexity index is 1800. The molecule has 0 bridgehead atoms. The molecule has 0 radical (unpaired) electrons. The summed E-state index contributed by atoms with van der Waals surface area (Å²) >= 11 is 1.50. The summed E-state index contributed by atoms with van der Waals surface area (Å²) in [6.07, 6.45) is 3.45. The van der Waals surface area contributed by atoms with Gasteiger partial charge in [0.2, 0.25) is 23.6 Å². The molecule has 13 nitrogen and oxygen atoms in total. The van der Waals surface area contributed by atoms with Crippen molar-refractivity contribution in [3.05, 3.63) is 82.3 Å². The minimum absolute atomic E-state index is 0.00312. The zero-order valence-electron chi connectivity index (χ0n) is 37.4. The monoisotopic (exact) mass is 848 g/mol. The number of nitrogens with zero attached hydrogens (tertiary/aromatic N) is 4. The molecule has 3 aromatic rings. The predicted molar refractivity (Wildman–Crippen MR) is 238 cm³/mol. The summed E-state index contributed by atoms with van der Waals surface area (Å²) in [7, 11) is 8.69. The van der Waals surface area contributed by atoms with Gasteiger partial charge < -0.3 is 35.2 Å². The predicted octanol–water partition coefficient (Wildman–Crippen LogP) is 5.78. The summed E-state index contributed by atoms with van der Waals surface area (Å²) in [6.45, 7) is 10.9. The summed E-state index contributed by atoms with van der Waals surface area (Å²) in [5, 5.41) is 12.0. The van der Waals surface area contributed by atoms with E-state index in [1.807, 2.05) is 112 Å². The van der Waals surface area contributed by atoms with Crippen molar-refractivity contribution in [3.63, 3.8) is 0 Å². The van der Waals surface area contributed by atoms with Crippen LogP contribution in [0.4, 0.5) is 5.69 Å². The number of hydrogen-bond donors (Lipinski definition) is 3. The second-order valence-corrected chi connectivity index (χ2v) is 17.5. The molecule has 1 aromatic heterocycles. The van der Waals surface area contributed by atoms with Gasteiger partial charge in [0, 0.05) is 58.7 Å². The maximum atomic E-state index is 14.3. The molecule has 1 aliphatic heterocycles. The number of likely N-dealkylation sites (N-methyl/N-ethyl adjacent to an activating group) is 2. The molecule has 330 valence electrons. The number of carbonyl (C=O) groups excluding carboxylic acids is 4. The fourth-order valence-corrected chi connectivity index (χ4v) is 9.39. The molecule has 1 saturated heterocycles. The lowest BCUT2D eigenvalue weighted by atomic mass is 9.90. The summed E-state index contributed by atoms with van der Waals surface area (Å²) < 4.78 is 12.1. The maximum absolute atomic E-state index is 14.3. The van der Waals surface area contributed by atoms with E-state index in [2.05, 4.69) is 27.0 Å². The van der Waals surface area contributed by atoms with Crippen molar-refractivity contribution in [2.24, 2.45) is 17.8 Å². The first kappa shape index (κ1) is 48.3. The lowest BCUT2D eigenvalue weighted by Gasteiger charge is -2.39. The molecule has 4 amide bonds. The average molecular weight is 848 g/mol. The van der Waals surface area contributed by atoms with E-state index in [1.165, 1.54) is 11.3 Å². The van der Waals surface area contributed by atoms with Crippen LogP contribution in [0.1, 0.15) is 82.5 Å². The van der Waals surface area contributed by atoms with E-state index in [1.54, 1.807) is 32.4 Å². The van der Waals surface area contributed by atoms with E-state index in [4.69, 9.17) is 9.47 Å². The van der Waals surface area contributed by atoms with Crippen LogP contribution in [0.3, 0.4) is 0 Å². The topological polar surface area (TPSA) is 145 Å². The Kier molecular flexibility index (Phi) is 19.0. The third kappa shape index (κ3) is 12.8. The molecule has 1 aliphatic rings. The standard InChI is InChI=1S/C46H69N7O6S/c1-11-31(4)42(52(8)40(55)28-49-45(57)41(30(2)3)51(7)29-34-19-15-20-35(25-34)47-6)38(58-9)27-39(54)53-23-16-21-37(53)43(59-10)32(5)44(56)50-36(46-48-22-24-60-46)26-33-17-13-12-14-18-33/h12-15,17-20,22,24-25,30-32,36-38,41-43,47H,11,16,21,23,26-29H2,1-10H3,(H,49,57)(H,50,56). The Hall–Kier alpha value is -4.37. The quantitative estimate of drug-likeness (QED) is 0.108. The number of methoxy groups -OCH3 is 2. The zero-order chi connectivity index (χ0) is 43.9. The number of hydrogen-bond acceptors (Lipinski definition) is 10. The van der Waals surface area contributed by atoms with Crippen molar-refractivity contribution in [1.29, 1.82) is 0 Å². The number of benzene rings is 2. The molecule has 8 unspecified atom stereocenters. The van der Waals surface area contributed by atoms with Crippen LogP contribution in [0, 0.1) is 17.8 Å². The zero-order valence-corrected chi connectivity index (χ0v) is 38.2. The van der Waals surface area contributed by atoms with Crippen molar-refractivity contribution >= 4 is 40.7 Å². The summed E-state index contributed by atoms with van der Waals surface area (Å²) in [4.78, 5) is 65.7. The van der Waals surface area contributed by atoms with Gasteiger partial charge in [-0.15, -0.1) is 11.3 Å². The molecule has 4 rings (SSSR count). The molecule has 0 aliphatic carbocycles. The molecule has 14 heteroatoms. The molecule has 0 saturated carbocycles. The van der Waals surface area contributed by atoms with Crippen molar-refractivity contribution in [2.75, 3.05) is 53.8 Å². The lowest BCUT2D eigenvalue weighted by molar-refractivity contribution is -0.146. The third-order valence-corrected chi connectivity index (χ3v) is 13.0. The van der Waals surface area contributed by atoms with Gasteiger partial charge in [0.15, 0.2) is 0 Å². The molecular weight excluding hydrogens is 779 g/mol. The highest BCUT2D eigenvalue weighted by molar-refractivity contribution is 7.09. The largest absolute Gasteiger partial charge is 0.388 e. The Labute approximate surface area is 362 Å². The highest BCUT2D eigenvalue weighted by Crippen LogP contribution is 2.30. The summed E-state index contributed by atoms with van der Waals surface area (Å²) in [6, 6.07) is 16.6. The van der Waals surface area contributed by atoms with Gasteiger partial charge in [0.1, 0.15) is 5.01 Å². The van der Waals surface area contributed by atoms with Crippen LogP contribution in [0.2, 0.25) is 0 Å². The number of ether oxygens (including phenoxy) is 2. The first-order valence-electron chi connectivity index (χ1n) is 21.3. The number of likely N-dealkylation sites (tertiary alicyclic amines) is 1. The Morgan fingerprint density at radius 1 is 0.967 bits per heavy atom. The molecule has 3 N–H and O–H groups in total. The van der Waals surface area contributed by atoms with Gasteiger partial charge in [-0.2, -0.15) is 0 Å². The van der Waals surface area contributed by atoms with E-state index in [-0.39, 0.29) is 60.5 Å². The highest BCUT2D eigenvalue weighted by Gasteiger charge is 2.42. The number of anilines is 1. The lowest BCUT2D eigenvalue weighted by Crippen LogP contribution is -2.55. The number of rotatable bonds is 23. The van der Waals surface area contributed by atoms with Gasteiger partial charge in [0.05, 0.1) is 55.3 Å². The fraction of sp³-hybridized carbons (Fsp3) is 0.587. The Balaban J connectivity index is 1.41. The van der Waals surface area contributed by atoms with Gasteiger partial charge in [-0.05, 0) is 61.4 Å². The van der Waals surface area contributed by atoms with E-state index in [0.717, 1.165) is 34.7 Å². The second kappa shape index (κ2) is 23.6. The van der Waals surface area contributed by atoms with Crippen LogP contribution in [-0.4, -0.2) is 122 Å². The van der Waals surface area contributed by atoms with Gasteiger partial charge in [-0.25, -0.2) is 4.98 Å². The minimum Gasteiger partial charge on any atom is -0.388 e. The number of amides is 4. The fourth-order valence-electron chi connectivity index (χ4n) is 8.70. The van der Waals surface area contributed by atoms with E-state index in [0.29, 0.717) is 25.9 Å². The minimum atomic E-state index is -0.611. The summed E-state index contributed by atoms with van der Waals surface area (Å²) in [5.74, 6) is -1.34. The van der Waals surface area contributed by atoms with E-state index in [9.17, 15) is 19.2 Å². The van der Waals surface area contributed by atoms with Crippen molar-refractivity contribution in [3.8, 4) is 0 Å². The van der Waals surface area contributed by atoms with Crippen LogP contribution in [0.15, 0.2) is 66.2 Å². The van der Waals surface area contributed by atoms with Gasteiger partial charge >= 0.3 is 0 Å². The van der Waals surface area contributed by atoms with Crippen LogP contribution < -0.4 is 16.0 Å². The maximum Gasteiger partial charge on any atom is 0.242 e. The molecule has 2 aromatic carbocycles.